The van der Waals surface area contributed by atoms with Gasteiger partial charge in [0.2, 0.25) is 0 Å². The maximum atomic E-state index is 6.43. The van der Waals surface area contributed by atoms with Gasteiger partial charge in [0.05, 0.1) is 5.69 Å². The van der Waals surface area contributed by atoms with E-state index in [4.69, 9.17) is 9.47 Å². The van der Waals surface area contributed by atoms with Crippen molar-refractivity contribution in [3.63, 3.8) is 0 Å². The zero-order valence-electron chi connectivity index (χ0n) is 30.6. The van der Waals surface area contributed by atoms with Crippen LogP contribution < -0.4 is 14.4 Å². The fourth-order valence-electron chi connectivity index (χ4n) is 7.93. The third-order valence-electron chi connectivity index (χ3n) is 10.8. The van der Waals surface area contributed by atoms with Crippen molar-refractivity contribution >= 4 is 28.8 Å². The second-order valence-corrected chi connectivity index (χ2v) is 15.6. The number of rotatable bonds is 6. The van der Waals surface area contributed by atoms with Gasteiger partial charge in [0.25, 0.3) is 0 Å². The van der Waals surface area contributed by atoms with Crippen molar-refractivity contribution in [2.45, 2.75) is 29.1 Å². The van der Waals surface area contributed by atoms with Gasteiger partial charge in [0.15, 0.2) is 23.0 Å². The van der Waals surface area contributed by atoms with Crippen LogP contribution >= 0.6 is 11.8 Å². The molecule has 0 saturated carbocycles. The summed E-state index contributed by atoms with van der Waals surface area (Å²) in [5.74, 6) is 2.89. The summed E-state index contributed by atoms with van der Waals surface area (Å²) in [6, 6.07) is 66.6. The van der Waals surface area contributed by atoms with E-state index in [1.807, 2.05) is 48.2 Å². The molecule has 8 aromatic carbocycles. The highest BCUT2D eigenvalue weighted by molar-refractivity contribution is 7.99. The Labute approximate surface area is 326 Å². The lowest BCUT2D eigenvalue weighted by molar-refractivity contribution is 0.361. The average molecular weight is 728 g/mol. The molecule has 0 unspecified atom stereocenters. The predicted molar refractivity (Wildman–Crippen MR) is 227 cm³/mol. The molecule has 2 aliphatic rings. The second kappa shape index (κ2) is 13.4. The third kappa shape index (κ3) is 5.87. The van der Waals surface area contributed by atoms with Gasteiger partial charge < -0.3 is 14.4 Å². The molecule has 0 radical (unpaired) electrons. The van der Waals surface area contributed by atoms with E-state index in [-0.39, 0.29) is 5.41 Å². The molecule has 2 aliphatic heterocycles. The molecular formula is C51H37NO2S. The molecule has 0 aromatic heterocycles. The second-order valence-electron chi connectivity index (χ2n) is 14.5. The van der Waals surface area contributed by atoms with Crippen LogP contribution in [0, 0.1) is 0 Å². The number of nitrogens with zero attached hydrogens (tertiary/aromatic N) is 1. The van der Waals surface area contributed by atoms with Crippen molar-refractivity contribution in [2.75, 3.05) is 4.90 Å². The van der Waals surface area contributed by atoms with Crippen LogP contribution in [-0.2, 0) is 5.41 Å². The number of hydrogen-bond acceptors (Lipinski definition) is 4. The number of para-hydroxylation sites is 3. The normalized spacial score (nSPS) is 13.3. The first-order valence-corrected chi connectivity index (χ1v) is 19.5. The van der Waals surface area contributed by atoms with Crippen molar-refractivity contribution in [2.24, 2.45) is 0 Å². The van der Waals surface area contributed by atoms with Crippen molar-refractivity contribution in [1.82, 2.24) is 0 Å². The molecule has 0 atom stereocenters. The van der Waals surface area contributed by atoms with Crippen LogP contribution in [0.1, 0.15) is 25.0 Å². The number of benzene rings is 8. The average Bonchev–Trinajstić information content (AvgIpc) is 3.24. The minimum Gasteiger partial charge on any atom is -0.449 e. The number of hydrogen-bond donors (Lipinski definition) is 0. The number of ether oxygens (including phenoxy) is 2. The van der Waals surface area contributed by atoms with E-state index in [2.05, 4.69) is 170 Å². The van der Waals surface area contributed by atoms with Gasteiger partial charge in [0, 0.05) is 32.1 Å². The van der Waals surface area contributed by atoms with E-state index in [0.29, 0.717) is 5.75 Å². The van der Waals surface area contributed by atoms with Crippen molar-refractivity contribution in [3.8, 4) is 56.4 Å². The van der Waals surface area contributed by atoms with Gasteiger partial charge in [-0.15, -0.1) is 0 Å². The monoisotopic (exact) mass is 727 g/mol. The molecular weight excluding hydrogens is 691 g/mol. The minimum absolute atomic E-state index is 0.149. The van der Waals surface area contributed by atoms with Crippen LogP contribution in [0.15, 0.2) is 198 Å². The van der Waals surface area contributed by atoms with Crippen LogP contribution in [0.3, 0.4) is 0 Å². The summed E-state index contributed by atoms with van der Waals surface area (Å²) in [6.45, 7) is 4.69. The highest BCUT2D eigenvalue weighted by Crippen LogP contribution is 2.54. The lowest BCUT2D eigenvalue weighted by Gasteiger charge is -2.37. The molecule has 3 nitrogen and oxygen atoms in total. The standard InChI is InChI=1S/C51H37NO2S/c1-51(2)42-18-6-9-24-48(42)55-50-43(51)19-12-20-44(50)52(39-29-25-35(26-30-39)38-16-10-15-37(33-38)34-13-4-3-5-14-34)40-31-27-36(28-32-40)41-17-11-23-47-49(41)54-46-22-8-7-21-45(46)53-47/h3-33H,1-2H3. The molecule has 0 saturated heterocycles. The Hall–Kier alpha value is -6.49. The summed E-state index contributed by atoms with van der Waals surface area (Å²) < 4.78 is 12.7. The van der Waals surface area contributed by atoms with Gasteiger partial charge in [-0.2, -0.15) is 0 Å². The summed E-state index contributed by atoms with van der Waals surface area (Å²) in [6.07, 6.45) is 0. The van der Waals surface area contributed by atoms with Crippen LogP contribution in [0.25, 0.3) is 33.4 Å². The topological polar surface area (TPSA) is 21.7 Å². The Kier molecular flexibility index (Phi) is 8.08. The fraction of sp³-hybridized carbons (Fsp3) is 0.0588. The van der Waals surface area contributed by atoms with Crippen LogP contribution in [0.2, 0.25) is 0 Å². The van der Waals surface area contributed by atoms with E-state index in [1.165, 1.54) is 43.2 Å². The molecule has 8 aromatic rings. The number of anilines is 3. The zero-order chi connectivity index (χ0) is 36.9. The van der Waals surface area contributed by atoms with E-state index in [9.17, 15) is 0 Å². The Bertz CT molecular complexity index is 2700. The van der Waals surface area contributed by atoms with Gasteiger partial charge in [-0.25, -0.2) is 0 Å². The van der Waals surface area contributed by atoms with E-state index in [0.717, 1.165) is 45.4 Å². The molecule has 0 N–H and O–H groups in total. The first kappa shape index (κ1) is 33.1. The maximum absolute atomic E-state index is 6.43. The summed E-state index contributed by atoms with van der Waals surface area (Å²) >= 11 is 1.87. The Morgan fingerprint density at radius 2 is 0.982 bits per heavy atom. The van der Waals surface area contributed by atoms with Gasteiger partial charge in [-0.05, 0) is 99.6 Å². The van der Waals surface area contributed by atoms with Crippen molar-refractivity contribution in [1.29, 1.82) is 0 Å². The SMILES string of the molecule is CC1(C)c2ccccc2Sc2c(N(c3ccc(-c4cccc(-c5ccccc5)c4)cc3)c3ccc(-c4cccc5c4Oc4ccccc4O5)cc3)cccc21. The molecule has 264 valence electrons. The molecule has 4 heteroatoms. The molecule has 0 aliphatic carbocycles. The van der Waals surface area contributed by atoms with Crippen LogP contribution in [0.4, 0.5) is 17.1 Å². The minimum atomic E-state index is -0.149. The highest BCUT2D eigenvalue weighted by atomic mass is 32.2. The van der Waals surface area contributed by atoms with Gasteiger partial charge >= 0.3 is 0 Å². The van der Waals surface area contributed by atoms with E-state index >= 15 is 0 Å². The smallest absolute Gasteiger partial charge is 0.177 e. The predicted octanol–water partition coefficient (Wildman–Crippen LogP) is 14.8. The van der Waals surface area contributed by atoms with Crippen LogP contribution in [0.5, 0.6) is 23.0 Å². The lowest BCUT2D eigenvalue weighted by atomic mass is 9.77. The molecule has 0 spiro atoms. The van der Waals surface area contributed by atoms with Crippen molar-refractivity contribution < 1.29 is 9.47 Å². The fourth-order valence-corrected chi connectivity index (χ4v) is 9.43. The van der Waals surface area contributed by atoms with E-state index < -0.39 is 0 Å². The molecule has 55 heavy (non-hydrogen) atoms. The lowest BCUT2D eigenvalue weighted by Crippen LogP contribution is -2.25. The Morgan fingerprint density at radius 3 is 1.73 bits per heavy atom. The van der Waals surface area contributed by atoms with Gasteiger partial charge in [-0.1, -0.05) is 153 Å². The number of fused-ring (bicyclic) bond motifs is 4. The van der Waals surface area contributed by atoms with Gasteiger partial charge in [-0.3, -0.25) is 0 Å². The molecule has 10 rings (SSSR count). The molecule has 0 fully saturated rings. The third-order valence-corrected chi connectivity index (χ3v) is 12.0. The quantitative estimate of drug-likeness (QED) is 0.170. The molecule has 2 heterocycles. The largest absolute Gasteiger partial charge is 0.449 e. The Morgan fingerprint density at radius 1 is 0.436 bits per heavy atom. The van der Waals surface area contributed by atoms with Gasteiger partial charge in [0.1, 0.15) is 0 Å². The summed E-state index contributed by atoms with van der Waals surface area (Å²) in [4.78, 5) is 4.98. The Balaban J connectivity index is 1.07. The zero-order valence-corrected chi connectivity index (χ0v) is 31.4. The molecule has 0 bridgehead atoms. The first-order valence-electron chi connectivity index (χ1n) is 18.7. The molecule has 0 amide bonds. The summed E-state index contributed by atoms with van der Waals surface area (Å²) in [5, 5.41) is 0. The van der Waals surface area contributed by atoms with Crippen molar-refractivity contribution in [3.05, 3.63) is 199 Å². The first-order chi connectivity index (χ1) is 27.0. The summed E-state index contributed by atoms with van der Waals surface area (Å²) in [7, 11) is 0. The summed E-state index contributed by atoms with van der Waals surface area (Å²) in [5.41, 5.74) is 12.7. The highest BCUT2D eigenvalue weighted by Gasteiger charge is 2.35. The maximum Gasteiger partial charge on any atom is 0.177 e. The van der Waals surface area contributed by atoms with Crippen LogP contribution in [-0.4, -0.2) is 0 Å². The van der Waals surface area contributed by atoms with E-state index in [1.54, 1.807) is 0 Å².